The second kappa shape index (κ2) is 27.7. The van der Waals surface area contributed by atoms with Crippen molar-refractivity contribution >= 4 is 64.9 Å². The fourth-order valence-corrected chi connectivity index (χ4v) is 14.0. The molecule has 8 aliphatic heterocycles. The van der Waals surface area contributed by atoms with E-state index in [1.165, 1.54) is 109 Å². The number of hydrogen-bond donors (Lipinski definition) is 3. The Morgan fingerprint density at radius 3 is 2.03 bits per heavy atom. The largest absolute Gasteiger partial charge is 0.367 e. The molecule has 8 heterocycles. The lowest BCUT2D eigenvalue weighted by atomic mass is 9.37. The van der Waals surface area contributed by atoms with Crippen molar-refractivity contribution in [1.29, 1.82) is 0 Å². The van der Waals surface area contributed by atoms with Crippen molar-refractivity contribution in [3.8, 4) is 44.4 Å². The van der Waals surface area contributed by atoms with Gasteiger partial charge in [0.1, 0.15) is 6.71 Å². The summed E-state index contributed by atoms with van der Waals surface area (Å²) in [7, 11) is 10.3. The summed E-state index contributed by atoms with van der Waals surface area (Å²) >= 11 is 3.93. The number of rotatable bonds is 2. The second-order valence-corrected chi connectivity index (χ2v) is 23.1. The molecule has 2 aromatic carbocycles. The smallest absolute Gasteiger partial charge is 0.301 e. The third kappa shape index (κ3) is 15.1. The van der Waals surface area contributed by atoms with E-state index in [2.05, 4.69) is 211 Å². The van der Waals surface area contributed by atoms with Crippen LogP contribution >= 0.6 is 39.8 Å². The number of aromatic nitrogens is 2. The van der Waals surface area contributed by atoms with E-state index in [4.69, 9.17) is 0 Å². The molecule has 14 rings (SSSR count). The van der Waals surface area contributed by atoms with E-state index in [1.807, 2.05) is 54.1 Å². The molecule has 3 atom stereocenters. The van der Waals surface area contributed by atoms with Crippen LogP contribution in [0.15, 0.2) is 204 Å². The SMILES string of the molecule is C1CCC2CCCB2C1.CN(C)B1CSc2ccccc21.CN(C)B1Cc2ccccc2S1.N.c1c[nH]c2cccc-2c1.c1c[pH]c2cccc-2c1.c1cc2cc[nH]cc-2c1.c1cc2cc[pH]cc-2c1. The molecule has 0 radical (unpaired) electrons. The Morgan fingerprint density at radius 2 is 1.26 bits per heavy atom. The van der Waals surface area contributed by atoms with E-state index >= 15 is 0 Å². The molecule has 0 saturated carbocycles. The zero-order valence-corrected chi connectivity index (χ0v) is 45.2. The third-order valence-electron chi connectivity index (χ3n) is 13.6. The minimum Gasteiger partial charge on any atom is -0.367 e. The number of nitrogens with zero attached hydrogens (tertiary/aromatic N) is 2. The molecule has 70 heavy (non-hydrogen) atoms. The van der Waals surface area contributed by atoms with Gasteiger partial charge in [0.05, 0.1) is 0 Å². The highest BCUT2D eigenvalue weighted by molar-refractivity contribution is 8.25. The van der Waals surface area contributed by atoms with Gasteiger partial charge < -0.3 is 25.7 Å². The normalized spacial score (nSPS) is 15.2. The van der Waals surface area contributed by atoms with Gasteiger partial charge in [-0.2, -0.15) is 11.6 Å². The predicted molar refractivity (Wildman–Crippen MR) is 319 cm³/mol. The minimum atomic E-state index is 0. The number of pyridine rings is 2. The van der Waals surface area contributed by atoms with Crippen molar-refractivity contribution in [2.75, 3.05) is 33.8 Å². The van der Waals surface area contributed by atoms with Crippen LogP contribution in [0.25, 0.3) is 44.4 Å². The molecule has 0 amide bonds. The van der Waals surface area contributed by atoms with Crippen molar-refractivity contribution in [3.05, 3.63) is 199 Å². The zero-order chi connectivity index (χ0) is 47.6. The monoisotopic (exact) mass is 995 g/mol. The number of nitrogens with one attached hydrogen (secondary N) is 2. The Bertz CT molecular complexity index is 2460. The Hall–Kier alpha value is -4.75. The Balaban J connectivity index is 0.000000120. The van der Waals surface area contributed by atoms with Crippen LogP contribution < -0.4 is 11.6 Å². The predicted octanol–water partition coefficient (Wildman–Crippen LogP) is 15.9. The number of fused-ring (bicyclic) bond motifs is 7. The van der Waals surface area contributed by atoms with Crippen molar-refractivity contribution in [2.24, 2.45) is 0 Å². The Labute approximate surface area is 432 Å². The summed E-state index contributed by atoms with van der Waals surface area (Å²) in [5.41, 5.74) is 13.4. The Morgan fingerprint density at radius 1 is 0.571 bits per heavy atom. The fraction of sp³-hybridized carbons (Fsp3) is 0.241. The van der Waals surface area contributed by atoms with Crippen LogP contribution in [-0.2, 0) is 6.32 Å². The van der Waals surface area contributed by atoms with E-state index in [0.29, 0.717) is 13.0 Å². The van der Waals surface area contributed by atoms with Gasteiger partial charge in [-0.1, -0.05) is 178 Å². The highest BCUT2D eigenvalue weighted by Gasteiger charge is 2.32. The molecule has 3 unspecified atom stereocenters. The molecule has 0 aromatic heterocycles. The summed E-state index contributed by atoms with van der Waals surface area (Å²) in [6.45, 7) is 1.78. The third-order valence-corrected chi connectivity index (χ3v) is 18.2. The molecule has 0 bridgehead atoms. The molecule has 2 saturated heterocycles. The minimum absolute atomic E-state index is 0. The van der Waals surface area contributed by atoms with Gasteiger partial charge in [-0.25, -0.2) is 0 Å². The van der Waals surface area contributed by atoms with Crippen molar-refractivity contribution in [2.45, 2.75) is 66.7 Å². The van der Waals surface area contributed by atoms with Gasteiger partial charge in [0.15, 0.2) is 0 Å². The quantitative estimate of drug-likeness (QED) is 0.151. The van der Waals surface area contributed by atoms with Gasteiger partial charge in [0.25, 0.3) is 6.85 Å². The molecular weight excluding hydrogens is 925 g/mol. The van der Waals surface area contributed by atoms with Gasteiger partial charge in [-0.05, 0) is 138 Å². The van der Waals surface area contributed by atoms with Crippen LogP contribution in [-0.4, -0.2) is 73.1 Å². The number of aromatic amines is 2. The fourth-order valence-electron chi connectivity index (χ4n) is 9.73. The van der Waals surface area contributed by atoms with Gasteiger partial charge in [-0.15, -0.1) is 28.1 Å². The summed E-state index contributed by atoms with van der Waals surface area (Å²) in [6, 6.07) is 55.3. The maximum atomic E-state index is 3.13. The first kappa shape index (κ1) is 53.1. The Kier molecular flexibility index (Phi) is 21.0. The molecule has 12 aliphatic rings. The van der Waals surface area contributed by atoms with Crippen molar-refractivity contribution in [3.63, 3.8) is 0 Å². The molecule has 4 aliphatic carbocycles. The summed E-state index contributed by atoms with van der Waals surface area (Å²) < 4.78 is 0. The summed E-state index contributed by atoms with van der Waals surface area (Å²) in [5, 5.41) is 1.48. The standard InChI is InChI=1S/2C9H12BNS.C8H15B.2C8H7N.2C8H7P.H3N/c1-11(2)10-7-12-9-6-4-3-5-8(9)10;1-11(2)10-7-8-5-3-4-6-9(8)12-10;1-2-6-9-7-3-5-8(9)4-1;1-3-7-4-2-6-9-8(7)5-1;1-2-7-4-5-9-6-8(7)3-1;1-3-7-4-2-6-9-8(7)5-1;1-2-7-4-5-9-6-8(7)3-1;/h2*3-6H,7H2,1-2H3;8H,1-7H2;4*1-6,9H;1H3. The maximum absolute atomic E-state index is 3.13. The van der Waals surface area contributed by atoms with E-state index in [0.717, 1.165) is 16.4 Å². The first-order chi connectivity index (χ1) is 33.9. The van der Waals surface area contributed by atoms with Crippen LogP contribution in [0.2, 0.25) is 18.5 Å². The van der Waals surface area contributed by atoms with E-state index < -0.39 is 0 Å². The van der Waals surface area contributed by atoms with Gasteiger partial charge >= 0.3 is 6.13 Å². The van der Waals surface area contributed by atoms with E-state index in [9.17, 15) is 0 Å². The lowest BCUT2D eigenvalue weighted by Gasteiger charge is -2.21. The number of thioether (sulfide) groups is 1. The van der Waals surface area contributed by atoms with Gasteiger partial charge in [0, 0.05) is 34.1 Å². The first-order valence-electron chi connectivity index (χ1n) is 24.8. The molecule has 0 spiro atoms. The zero-order valence-electron chi connectivity index (χ0n) is 41.6. The van der Waals surface area contributed by atoms with E-state index in [-0.39, 0.29) is 6.15 Å². The number of hydrogen-bond acceptors (Lipinski definition) is 5. The molecule has 358 valence electrons. The lowest BCUT2D eigenvalue weighted by Crippen LogP contribution is -2.43. The average molecular weight is 996 g/mol. The summed E-state index contributed by atoms with van der Waals surface area (Å²) in [6.07, 6.45) is 18.5. The van der Waals surface area contributed by atoms with Crippen LogP contribution in [0.3, 0.4) is 0 Å². The summed E-state index contributed by atoms with van der Waals surface area (Å²) in [5.74, 6) is 7.86. The molecule has 2 aromatic rings. The maximum Gasteiger partial charge on any atom is 0.301 e. The molecule has 12 heteroatoms. The van der Waals surface area contributed by atoms with Crippen LogP contribution in [0, 0.1) is 0 Å². The number of benzene rings is 2. The second-order valence-electron chi connectivity index (χ2n) is 18.7. The van der Waals surface area contributed by atoms with Crippen molar-refractivity contribution in [1.82, 2.24) is 25.7 Å². The molecule has 2 fully saturated rings. The highest BCUT2D eigenvalue weighted by atomic mass is 32.2. The summed E-state index contributed by atoms with van der Waals surface area (Å²) in [4.78, 5) is 13.6. The van der Waals surface area contributed by atoms with Crippen LogP contribution in [0.5, 0.6) is 0 Å². The first-order valence-corrected chi connectivity index (χ1v) is 28.9. The molecular formula is C58H70B3N5P2S2. The highest BCUT2D eigenvalue weighted by Crippen LogP contribution is 2.41. The average Bonchev–Trinajstić information content (AvgIpc) is 4.25. The van der Waals surface area contributed by atoms with Crippen molar-refractivity contribution < 1.29 is 0 Å². The van der Waals surface area contributed by atoms with Gasteiger partial charge in [0.2, 0.25) is 0 Å². The topological polar surface area (TPSA) is 73.1 Å². The van der Waals surface area contributed by atoms with Crippen LogP contribution in [0.1, 0.15) is 37.7 Å². The van der Waals surface area contributed by atoms with Crippen LogP contribution in [0.4, 0.5) is 0 Å². The molecule has 5 nitrogen and oxygen atoms in total. The lowest BCUT2D eigenvalue weighted by molar-refractivity contribution is 0.614. The van der Waals surface area contributed by atoms with E-state index in [1.54, 1.807) is 25.5 Å². The molecule has 5 N–H and O–H groups in total. The van der Waals surface area contributed by atoms with Gasteiger partial charge in [-0.3, -0.25) is 0 Å². The number of H-pyrrole nitrogens is 2.